The van der Waals surface area contributed by atoms with Crippen molar-refractivity contribution in [3.8, 4) is 5.75 Å². The van der Waals surface area contributed by atoms with E-state index in [-0.39, 0.29) is 5.69 Å². The van der Waals surface area contributed by atoms with Gasteiger partial charge in [0.05, 0.1) is 11.5 Å². The monoisotopic (exact) mass is 328 g/mol. The zero-order chi connectivity index (χ0) is 13.7. The summed E-state index contributed by atoms with van der Waals surface area (Å²) in [4.78, 5) is 10.5. The first-order chi connectivity index (χ1) is 9.16. The van der Waals surface area contributed by atoms with Gasteiger partial charge in [0.25, 0.3) is 0 Å². The van der Waals surface area contributed by atoms with E-state index in [0.29, 0.717) is 22.9 Å². The van der Waals surface area contributed by atoms with Gasteiger partial charge in [-0.25, -0.2) is 0 Å². The van der Waals surface area contributed by atoms with Crippen molar-refractivity contribution in [3.63, 3.8) is 0 Å². The summed E-state index contributed by atoms with van der Waals surface area (Å²) in [7, 11) is 0. The minimum absolute atomic E-state index is 0.00554. The van der Waals surface area contributed by atoms with Crippen molar-refractivity contribution in [1.29, 1.82) is 0 Å². The quantitative estimate of drug-likeness (QED) is 0.665. The van der Waals surface area contributed by atoms with E-state index in [4.69, 9.17) is 4.74 Å². The Labute approximate surface area is 120 Å². The zero-order valence-electron chi connectivity index (χ0n) is 10.6. The highest BCUT2D eigenvalue weighted by molar-refractivity contribution is 9.10. The van der Waals surface area contributed by atoms with Crippen LogP contribution in [0.4, 0.5) is 5.69 Å². The van der Waals surface area contributed by atoms with E-state index in [1.54, 1.807) is 12.1 Å². The molecule has 0 radical (unpaired) electrons. The minimum Gasteiger partial charge on any atom is -0.487 e. The van der Waals surface area contributed by atoms with Crippen molar-refractivity contribution in [2.45, 2.75) is 31.7 Å². The summed E-state index contributed by atoms with van der Waals surface area (Å²) in [6.07, 6.45) is 4.52. The van der Waals surface area contributed by atoms with E-state index in [2.05, 4.69) is 21.2 Å². The fourth-order valence-corrected chi connectivity index (χ4v) is 2.59. The van der Waals surface area contributed by atoms with Crippen LogP contribution in [0.25, 0.3) is 0 Å². The first-order valence-corrected chi connectivity index (χ1v) is 7.26. The number of halogens is 1. The highest BCUT2D eigenvalue weighted by Gasteiger charge is 2.17. The van der Waals surface area contributed by atoms with Crippen LogP contribution in [0.2, 0.25) is 0 Å². The maximum Gasteiger partial charge on any atom is 0.312 e. The Balaban J connectivity index is 1.89. The van der Waals surface area contributed by atoms with Crippen molar-refractivity contribution in [2.24, 2.45) is 0 Å². The van der Waals surface area contributed by atoms with Crippen molar-refractivity contribution in [2.75, 3.05) is 13.2 Å². The van der Waals surface area contributed by atoms with E-state index < -0.39 is 4.92 Å². The first-order valence-electron chi connectivity index (χ1n) is 6.47. The van der Waals surface area contributed by atoms with E-state index in [9.17, 15) is 10.1 Å². The maximum absolute atomic E-state index is 10.9. The van der Waals surface area contributed by atoms with Gasteiger partial charge in [0.2, 0.25) is 0 Å². The smallest absolute Gasteiger partial charge is 0.312 e. The van der Waals surface area contributed by atoms with Gasteiger partial charge in [-0.3, -0.25) is 10.1 Å². The molecular formula is C13H17BrN2O3. The summed E-state index contributed by atoms with van der Waals surface area (Å²) in [6.45, 7) is 1.56. The van der Waals surface area contributed by atoms with Gasteiger partial charge in [0.1, 0.15) is 0 Å². The highest BCUT2D eigenvalue weighted by atomic mass is 79.9. The summed E-state index contributed by atoms with van der Waals surface area (Å²) in [5.74, 6) is 0.337. The number of nitro benzene ring substituents is 1. The van der Waals surface area contributed by atoms with Crippen LogP contribution in [0.15, 0.2) is 22.7 Å². The minimum atomic E-state index is -0.418. The van der Waals surface area contributed by atoms with Crippen molar-refractivity contribution in [3.05, 3.63) is 32.8 Å². The lowest BCUT2D eigenvalue weighted by molar-refractivity contribution is -0.385. The molecule has 1 fully saturated rings. The third-order valence-electron chi connectivity index (χ3n) is 3.25. The van der Waals surface area contributed by atoms with Crippen LogP contribution in [0.1, 0.15) is 25.7 Å². The van der Waals surface area contributed by atoms with E-state index in [1.807, 2.05) is 0 Å². The van der Waals surface area contributed by atoms with Crippen molar-refractivity contribution < 1.29 is 9.66 Å². The average molecular weight is 329 g/mol. The average Bonchev–Trinajstić information content (AvgIpc) is 2.41. The molecule has 0 unspecified atom stereocenters. The summed E-state index contributed by atoms with van der Waals surface area (Å²) in [5.41, 5.74) is 0.00554. The second-order valence-electron chi connectivity index (χ2n) is 4.65. The lowest BCUT2D eigenvalue weighted by Gasteiger charge is -2.23. The van der Waals surface area contributed by atoms with E-state index in [0.717, 1.165) is 19.4 Å². The molecule has 0 saturated carbocycles. The molecule has 0 amide bonds. The maximum atomic E-state index is 10.9. The number of nitrogens with zero attached hydrogens (tertiary/aromatic N) is 1. The SMILES string of the molecule is O=[N+]([O-])c1cc(Br)ccc1OCC[C@@H]1CCCCN1. The number of nitrogens with one attached hydrogen (secondary N) is 1. The number of benzene rings is 1. The van der Waals surface area contributed by atoms with Crippen molar-refractivity contribution in [1.82, 2.24) is 5.32 Å². The van der Waals surface area contributed by atoms with Crippen LogP contribution in [0, 0.1) is 10.1 Å². The number of piperidine rings is 1. The summed E-state index contributed by atoms with van der Waals surface area (Å²) < 4.78 is 6.23. The molecular weight excluding hydrogens is 312 g/mol. The lowest BCUT2D eigenvalue weighted by Crippen LogP contribution is -2.35. The molecule has 1 aromatic rings. The molecule has 1 atom stereocenters. The molecule has 2 rings (SSSR count). The predicted octanol–water partition coefficient (Wildman–Crippen LogP) is 3.27. The number of hydrogen-bond donors (Lipinski definition) is 1. The van der Waals surface area contributed by atoms with Crippen LogP contribution in [0.5, 0.6) is 5.75 Å². The molecule has 0 bridgehead atoms. The van der Waals surface area contributed by atoms with E-state index in [1.165, 1.54) is 18.9 Å². The number of hydrogen-bond acceptors (Lipinski definition) is 4. The second kappa shape index (κ2) is 6.86. The predicted molar refractivity (Wildman–Crippen MR) is 76.6 cm³/mol. The van der Waals surface area contributed by atoms with Crippen LogP contribution in [-0.4, -0.2) is 24.1 Å². The Morgan fingerprint density at radius 3 is 3.00 bits per heavy atom. The molecule has 19 heavy (non-hydrogen) atoms. The van der Waals surface area contributed by atoms with Gasteiger partial charge >= 0.3 is 5.69 Å². The van der Waals surface area contributed by atoms with Gasteiger partial charge in [-0.15, -0.1) is 0 Å². The molecule has 0 spiro atoms. The van der Waals surface area contributed by atoms with Crippen LogP contribution >= 0.6 is 15.9 Å². The number of rotatable bonds is 5. The molecule has 104 valence electrons. The second-order valence-corrected chi connectivity index (χ2v) is 5.57. The lowest BCUT2D eigenvalue weighted by atomic mass is 10.0. The Morgan fingerprint density at radius 1 is 1.47 bits per heavy atom. The number of nitro groups is 1. The van der Waals surface area contributed by atoms with Gasteiger partial charge in [-0.1, -0.05) is 22.4 Å². The molecule has 1 N–H and O–H groups in total. The van der Waals surface area contributed by atoms with Gasteiger partial charge in [-0.2, -0.15) is 0 Å². The Bertz CT molecular complexity index is 448. The molecule has 1 aliphatic rings. The van der Waals surface area contributed by atoms with Crippen LogP contribution in [-0.2, 0) is 0 Å². The topological polar surface area (TPSA) is 64.4 Å². The highest BCUT2D eigenvalue weighted by Crippen LogP contribution is 2.30. The van der Waals surface area contributed by atoms with Crippen molar-refractivity contribution >= 4 is 21.6 Å². The molecule has 1 heterocycles. The molecule has 5 nitrogen and oxygen atoms in total. The Hall–Kier alpha value is -1.14. The van der Waals surface area contributed by atoms with Crippen LogP contribution < -0.4 is 10.1 Å². The fraction of sp³-hybridized carbons (Fsp3) is 0.538. The Morgan fingerprint density at radius 2 is 2.32 bits per heavy atom. The molecule has 0 aliphatic carbocycles. The van der Waals surface area contributed by atoms with E-state index >= 15 is 0 Å². The number of ether oxygens (including phenoxy) is 1. The van der Waals surface area contributed by atoms with Gasteiger partial charge in [0, 0.05) is 16.6 Å². The molecule has 6 heteroatoms. The summed E-state index contributed by atoms with van der Waals surface area (Å²) in [5, 5.41) is 14.4. The summed E-state index contributed by atoms with van der Waals surface area (Å²) in [6, 6.07) is 5.33. The largest absolute Gasteiger partial charge is 0.487 e. The normalized spacial score (nSPS) is 19.1. The molecule has 1 aliphatic heterocycles. The Kier molecular flexibility index (Phi) is 5.15. The first kappa shape index (κ1) is 14.3. The van der Waals surface area contributed by atoms with Gasteiger partial charge < -0.3 is 10.1 Å². The van der Waals surface area contributed by atoms with Gasteiger partial charge in [0.15, 0.2) is 5.75 Å². The third-order valence-corrected chi connectivity index (χ3v) is 3.75. The molecule has 1 saturated heterocycles. The standard InChI is InChI=1S/C13H17BrN2O3/c14-10-4-5-13(12(9-10)16(17)18)19-8-6-11-3-1-2-7-15-11/h4-5,9,11,15H,1-3,6-8H2/t11-/m0/s1. The zero-order valence-corrected chi connectivity index (χ0v) is 12.2. The van der Waals surface area contributed by atoms with Crippen LogP contribution in [0.3, 0.4) is 0 Å². The summed E-state index contributed by atoms with van der Waals surface area (Å²) >= 11 is 3.23. The van der Waals surface area contributed by atoms with Gasteiger partial charge in [-0.05, 0) is 37.9 Å². The third kappa shape index (κ3) is 4.18. The fourth-order valence-electron chi connectivity index (χ4n) is 2.24. The molecule has 1 aromatic carbocycles. The molecule has 0 aromatic heterocycles.